The summed E-state index contributed by atoms with van der Waals surface area (Å²) in [6.07, 6.45) is -7.22. The molecule has 4 fully saturated rings. The van der Waals surface area contributed by atoms with E-state index in [2.05, 4.69) is 26.3 Å². The van der Waals surface area contributed by atoms with Crippen molar-refractivity contribution < 1.29 is 68.5 Å². The van der Waals surface area contributed by atoms with Crippen LogP contribution in [-0.4, -0.2) is 161 Å². The first-order valence-electron chi connectivity index (χ1n) is 22.0. The highest BCUT2D eigenvalue weighted by molar-refractivity contribution is 5.04. The predicted molar refractivity (Wildman–Crippen MR) is 233 cm³/mol. The monoisotopic (exact) mass is 915 g/mol. The van der Waals surface area contributed by atoms with Gasteiger partial charge in [0.05, 0.1) is 47.3 Å². The fourth-order valence-electron chi connectivity index (χ4n) is 7.14. The van der Waals surface area contributed by atoms with E-state index < -0.39 is 119 Å². The first kappa shape index (κ1) is 55.8. The van der Waals surface area contributed by atoms with Crippen molar-refractivity contribution in [1.29, 1.82) is 0 Å². The van der Waals surface area contributed by atoms with Crippen LogP contribution >= 0.6 is 0 Å². The highest BCUT2D eigenvalue weighted by Crippen LogP contribution is 2.48. The van der Waals surface area contributed by atoms with E-state index in [4.69, 9.17) is 49.8 Å². The summed E-state index contributed by atoms with van der Waals surface area (Å²) in [7, 11) is 0. The second-order valence-electron chi connectivity index (χ2n) is 20.8. The molecule has 0 aromatic carbocycles. The lowest BCUT2D eigenvalue weighted by Crippen LogP contribution is -2.62. The molecule has 0 aliphatic carbocycles. The Morgan fingerprint density at radius 2 is 1.14 bits per heavy atom. The molecule has 1 aromatic heterocycles. The van der Waals surface area contributed by atoms with Crippen molar-refractivity contribution in [2.75, 3.05) is 6.54 Å². The predicted octanol–water partition coefficient (Wildman–Crippen LogP) is 3.50. The lowest BCUT2D eigenvalue weighted by atomic mass is 9.75. The third-order valence-electron chi connectivity index (χ3n) is 12.6. The standard InChI is InChI=1S/C22H39N3O7.C18H33N3O7.C4H6/c1-9-12-10-25(24-23-12)11-13-16(14(26)15(27)18(29-13)31-20(2,3)4)30-19-17(28)21(5,6)22(7,8)32-19;1-16(2,3)27-14-11(23)10(22)12(9(25-14)8-20-21-19)26-15-13(24)17(4,5)18(6,7)28-15;1-3-4-2/h10,13-19,26-28H,9,11H2,1-8H3;9-15,22-24H,8H2,1-7H3;1H,4H2,2H3. The molecular weight excluding hydrogens is 837 g/mol. The van der Waals surface area contributed by atoms with Gasteiger partial charge in [0.15, 0.2) is 25.2 Å². The normalized spacial score (nSPS) is 36.4. The van der Waals surface area contributed by atoms with Crippen LogP contribution in [0.3, 0.4) is 0 Å². The van der Waals surface area contributed by atoms with Crippen LogP contribution in [0, 0.1) is 23.2 Å². The minimum Gasteiger partial charge on any atom is -0.387 e. The second-order valence-corrected chi connectivity index (χ2v) is 20.8. The van der Waals surface area contributed by atoms with Crippen LogP contribution in [0.15, 0.2) is 11.3 Å². The van der Waals surface area contributed by atoms with Crippen LogP contribution in [-0.2, 0) is 50.9 Å². The van der Waals surface area contributed by atoms with E-state index in [-0.39, 0.29) is 13.1 Å². The van der Waals surface area contributed by atoms with E-state index in [0.717, 1.165) is 18.5 Å². The van der Waals surface area contributed by atoms with Crippen LogP contribution in [0.4, 0.5) is 0 Å². The molecule has 20 nitrogen and oxygen atoms in total. The molecule has 4 aliphatic heterocycles. The van der Waals surface area contributed by atoms with Gasteiger partial charge in [-0.25, -0.2) is 4.68 Å². The van der Waals surface area contributed by atoms with E-state index in [1.807, 2.05) is 90.0 Å². The molecule has 20 heteroatoms. The number of nitrogens with zero attached hydrogens (tertiary/aromatic N) is 6. The number of aliphatic hydroxyl groups is 6. The SMILES string of the molecule is C#CCC.CC(C)(C)OC1OC(CN=[N+]=[N-])C(OC2OC(C)(C)C(C)(C)C2O)C(O)C1O.CCc1cn(CC2OC(OC(C)(C)C)C(O)C(O)C2OC2OC(C)(C)C(C)(C)C2O)nn1. The molecule has 5 heterocycles. The molecule has 0 radical (unpaired) electrons. The van der Waals surface area contributed by atoms with E-state index in [0.29, 0.717) is 0 Å². The zero-order valence-corrected chi connectivity index (χ0v) is 40.7. The number of azide groups is 1. The summed E-state index contributed by atoms with van der Waals surface area (Å²) in [5.41, 5.74) is 5.69. The molecule has 368 valence electrons. The summed E-state index contributed by atoms with van der Waals surface area (Å²) in [4.78, 5) is 2.72. The van der Waals surface area contributed by atoms with Gasteiger partial charge in [-0.15, -0.1) is 17.4 Å². The lowest BCUT2D eigenvalue weighted by molar-refractivity contribution is -0.343. The van der Waals surface area contributed by atoms with Crippen molar-refractivity contribution >= 4 is 0 Å². The Kier molecular flexibility index (Phi) is 18.8. The highest BCUT2D eigenvalue weighted by atomic mass is 16.8. The topological polar surface area (TPSA) is 275 Å². The minimum absolute atomic E-state index is 0.148. The Morgan fingerprint density at radius 1 is 0.734 bits per heavy atom. The maximum Gasteiger partial charge on any atom is 0.187 e. The summed E-state index contributed by atoms with van der Waals surface area (Å²) in [5, 5.41) is 76.1. The smallest absolute Gasteiger partial charge is 0.187 e. The Balaban J connectivity index is 0.000000316. The van der Waals surface area contributed by atoms with Gasteiger partial charge >= 0.3 is 0 Å². The van der Waals surface area contributed by atoms with Crippen molar-refractivity contribution in [3.05, 3.63) is 22.3 Å². The van der Waals surface area contributed by atoms with Gasteiger partial charge in [0.25, 0.3) is 0 Å². The summed E-state index contributed by atoms with van der Waals surface area (Å²) in [5.74, 6) is 2.43. The number of hydrogen-bond donors (Lipinski definition) is 6. The first-order chi connectivity index (χ1) is 29.3. The van der Waals surface area contributed by atoms with Crippen molar-refractivity contribution in [3.8, 4) is 12.3 Å². The fraction of sp³-hybridized carbons (Fsp3) is 0.909. The number of aryl methyl sites for hydroxylation is 1. The third-order valence-corrected chi connectivity index (χ3v) is 12.6. The largest absolute Gasteiger partial charge is 0.387 e. The molecule has 5 rings (SSSR count). The molecule has 4 saturated heterocycles. The van der Waals surface area contributed by atoms with Crippen molar-refractivity contribution in [2.45, 2.75) is 239 Å². The van der Waals surface area contributed by atoms with E-state index in [9.17, 15) is 30.6 Å². The molecule has 14 atom stereocenters. The molecule has 4 aliphatic rings. The van der Waals surface area contributed by atoms with Gasteiger partial charge in [0.2, 0.25) is 0 Å². The second kappa shape index (κ2) is 21.6. The van der Waals surface area contributed by atoms with Crippen molar-refractivity contribution in [2.24, 2.45) is 15.9 Å². The van der Waals surface area contributed by atoms with E-state index >= 15 is 0 Å². The summed E-state index contributed by atoms with van der Waals surface area (Å²) < 4.78 is 48.8. The highest BCUT2D eigenvalue weighted by Gasteiger charge is 2.59. The number of aromatic nitrogens is 3. The van der Waals surface area contributed by atoms with Gasteiger partial charge < -0.3 is 68.5 Å². The van der Waals surface area contributed by atoms with Gasteiger partial charge in [0, 0.05) is 28.4 Å². The zero-order chi connectivity index (χ0) is 49.0. The molecular formula is C44H78N6O14. The fourth-order valence-corrected chi connectivity index (χ4v) is 7.14. The Labute approximate surface area is 378 Å². The van der Waals surface area contributed by atoms with Crippen LogP contribution in [0.5, 0.6) is 0 Å². The molecule has 6 N–H and O–H groups in total. The number of terminal acetylenes is 1. The number of aliphatic hydroxyl groups excluding tert-OH is 6. The Bertz CT molecular complexity index is 1720. The zero-order valence-electron chi connectivity index (χ0n) is 40.7. The quantitative estimate of drug-likeness (QED) is 0.0802. The maximum atomic E-state index is 11.0. The number of rotatable bonds is 11. The molecule has 1 aromatic rings. The van der Waals surface area contributed by atoms with Crippen molar-refractivity contribution in [1.82, 2.24) is 15.0 Å². The van der Waals surface area contributed by atoms with Gasteiger partial charge in [-0.2, -0.15) is 0 Å². The molecule has 64 heavy (non-hydrogen) atoms. The van der Waals surface area contributed by atoms with Gasteiger partial charge in [-0.3, -0.25) is 0 Å². The van der Waals surface area contributed by atoms with Crippen LogP contribution in [0.1, 0.15) is 123 Å². The van der Waals surface area contributed by atoms with Crippen LogP contribution < -0.4 is 0 Å². The van der Waals surface area contributed by atoms with Gasteiger partial charge in [-0.1, -0.05) is 51.9 Å². The summed E-state index contributed by atoms with van der Waals surface area (Å²) >= 11 is 0. The molecule has 0 bridgehead atoms. The van der Waals surface area contributed by atoms with E-state index in [1.165, 1.54) is 0 Å². The average molecular weight is 915 g/mol. The summed E-state index contributed by atoms with van der Waals surface area (Å²) in [6, 6.07) is 0. The molecule has 0 amide bonds. The van der Waals surface area contributed by atoms with E-state index in [1.54, 1.807) is 31.6 Å². The van der Waals surface area contributed by atoms with Crippen LogP contribution in [0.2, 0.25) is 0 Å². The molecule has 14 unspecified atom stereocenters. The summed E-state index contributed by atoms with van der Waals surface area (Å²) in [6.45, 7) is 29.8. The third kappa shape index (κ3) is 13.3. The Hall–Kier alpha value is -2.55. The van der Waals surface area contributed by atoms with Gasteiger partial charge in [0.1, 0.15) is 54.9 Å². The minimum atomic E-state index is -1.40. The van der Waals surface area contributed by atoms with Crippen molar-refractivity contribution in [3.63, 3.8) is 0 Å². The maximum absolute atomic E-state index is 11.0. The Morgan fingerprint density at radius 3 is 1.47 bits per heavy atom. The van der Waals surface area contributed by atoms with Gasteiger partial charge in [-0.05, 0) is 81.2 Å². The number of hydrogen-bond acceptors (Lipinski definition) is 17. The molecule has 0 saturated carbocycles. The van der Waals surface area contributed by atoms with Crippen LogP contribution in [0.25, 0.3) is 10.4 Å². The lowest BCUT2D eigenvalue weighted by Gasteiger charge is -2.44. The number of ether oxygens (including phenoxy) is 8. The first-order valence-corrected chi connectivity index (χ1v) is 22.0. The average Bonchev–Trinajstić information content (AvgIpc) is 3.75. The molecule has 0 spiro atoms.